The van der Waals surface area contributed by atoms with E-state index < -0.39 is 0 Å². The van der Waals surface area contributed by atoms with Crippen molar-refractivity contribution in [2.24, 2.45) is 11.7 Å². The molecule has 0 amide bonds. The van der Waals surface area contributed by atoms with E-state index in [0.717, 1.165) is 24.9 Å². The first-order valence-electron chi connectivity index (χ1n) is 6.95. The third-order valence-electron chi connectivity index (χ3n) is 4.04. The van der Waals surface area contributed by atoms with Gasteiger partial charge in [-0.3, -0.25) is 4.90 Å². The van der Waals surface area contributed by atoms with Gasteiger partial charge in [-0.15, -0.1) is 0 Å². The van der Waals surface area contributed by atoms with Gasteiger partial charge in [0.05, 0.1) is 0 Å². The van der Waals surface area contributed by atoms with Crippen LogP contribution in [0.5, 0.6) is 0 Å². The Balaban J connectivity index is 2.39. The number of piperidine rings is 1. The highest BCUT2D eigenvalue weighted by atomic mass is 35.5. The summed E-state index contributed by atoms with van der Waals surface area (Å²) in [4.78, 5) is 2.35. The van der Waals surface area contributed by atoms with E-state index >= 15 is 0 Å². The monoisotopic (exact) mass is 284 g/mol. The van der Waals surface area contributed by atoms with E-state index in [0.29, 0.717) is 23.5 Å². The van der Waals surface area contributed by atoms with E-state index in [1.54, 1.807) is 6.07 Å². The first-order chi connectivity index (χ1) is 9.04. The first kappa shape index (κ1) is 14.8. The molecule has 2 nitrogen and oxygen atoms in total. The minimum absolute atomic E-state index is 0.0658. The Morgan fingerprint density at radius 1 is 1.47 bits per heavy atom. The topological polar surface area (TPSA) is 29.3 Å². The zero-order valence-electron chi connectivity index (χ0n) is 11.6. The van der Waals surface area contributed by atoms with Crippen LogP contribution in [0.4, 0.5) is 4.39 Å². The van der Waals surface area contributed by atoms with E-state index in [1.807, 2.05) is 6.07 Å². The molecule has 1 heterocycles. The normalized spacial score (nSPS) is 24.9. The van der Waals surface area contributed by atoms with Crippen molar-refractivity contribution in [1.29, 1.82) is 0 Å². The predicted octanol–water partition coefficient (Wildman–Crippen LogP) is 3.60. The van der Waals surface area contributed by atoms with Crippen LogP contribution in [0.2, 0.25) is 5.02 Å². The predicted molar refractivity (Wildman–Crippen MR) is 77.8 cm³/mol. The molecule has 0 saturated carbocycles. The molecule has 4 heteroatoms. The van der Waals surface area contributed by atoms with Crippen LogP contribution in [0.3, 0.4) is 0 Å². The summed E-state index contributed by atoms with van der Waals surface area (Å²) in [6.45, 7) is 5.90. The number of rotatable bonds is 3. The van der Waals surface area contributed by atoms with Crippen LogP contribution >= 0.6 is 11.6 Å². The lowest BCUT2D eigenvalue weighted by atomic mass is 9.83. The van der Waals surface area contributed by atoms with Crippen molar-refractivity contribution in [1.82, 2.24) is 4.90 Å². The molecule has 2 unspecified atom stereocenters. The maximum atomic E-state index is 14.2. The van der Waals surface area contributed by atoms with Crippen LogP contribution < -0.4 is 5.73 Å². The van der Waals surface area contributed by atoms with Gasteiger partial charge in [-0.05, 0) is 57.8 Å². The highest BCUT2D eigenvalue weighted by Gasteiger charge is 2.34. The largest absolute Gasteiger partial charge is 0.330 e. The maximum Gasteiger partial charge on any atom is 0.129 e. The molecule has 0 aromatic heterocycles. The Morgan fingerprint density at radius 2 is 2.21 bits per heavy atom. The maximum absolute atomic E-state index is 14.2. The number of nitrogens with zero attached hydrogens (tertiary/aromatic N) is 1. The molecule has 1 aromatic carbocycles. The van der Waals surface area contributed by atoms with Crippen LogP contribution in [0.15, 0.2) is 18.2 Å². The fourth-order valence-corrected chi connectivity index (χ4v) is 3.26. The molecule has 0 aliphatic carbocycles. The molecule has 2 atom stereocenters. The average Bonchev–Trinajstić information content (AvgIpc) is 2.38. The fraction of sp³-hybridized carbons (Fsp3) is 0.600. The van der Waals surface area contributed by atoms with Crippen LogP contribution in [-0.4, -0.2) is 24.0 Å². The average molecular weight is 285 g/mol. The van der Waals surface area contributed by atoms with Crippen LogP contribution in [0.1, 0.15) is 38.3 Å². The molecule has 1 aliphatic rings. The zero-order chi connectivity index (χ0) is 14.0. The minimum Gasteiger partial charge on any atom is -0.330 e. The van der Waals surface area contributed by atoms with Crippen molar-refractivity contribution < 1.29 is 4.39 Å². The second kappa shape index (κ2) is 6.21. The molecule has 106 valence electrons. The lowest BCUT2D eigenvalue weighted by Crippen LogP contribution is -2.45. The summed E-state index contributed by atoms with van der Waals surface area (Å²) in [5.41, 5.74) is 6.63. The Kier molecular flexibility index (Phi) is 4.82. The fourth-order valence-electron chi connectivity index (χ4n) is 3.10. The quantitative estimate of drug-likeness (QED) is 0.919. The summed E-state index contributed by atoms with van der Waals surface area (Å²) >= 11 is 5.85. The van der Waals surface area contributed by atoms with Gasteiger partial charge in [0.15, 0.2) is 0 Å². The number of nitrogens with two attached hydrogens (primary N) is 1. The molecule has 0 spiro atoms. The van der Waals surface area contributed by atoms with E-state index in [4.69, 9.17) is 17.3 Å². The second-order valence-electron chi connectivity index (χ2n) is 5.58. The van der Waals surface area contributed by atoms with E-state index in [-0.39, 0.29) is 11.9 Å². The number of hydrogen-bond donors (Lipinski definition) is 1. The number of halogens is 2. The van der Waals surface area contributed by atoms with Crippen molar-refractivity contribution >= 4 is 11.6 Å². The van der Waals surface area contributed by atoms with Gasteiger partial charge in [0, 0.05) is 22.7 Å². The summed E-state index contributed by atoms with van der Waals surface area (Å²) in [6, 6.07) is 5.43. The molecule has 1 aliphatic heterocycles. The molecule has 1 aromatic rings. The highest BCUT2D eigenvalue weighted by Crippen LogP contribution is 2.38. The van der Waals surface area contributed by atoms with Gasteiger partial charge in [-0.2, -0.15) is 0 Å². The van der Waals surface area contributed by atoms with E-state index in [1.165, 1.54) is 6.07 Å². The standard InChI is InChI=1S/C15H22ClFN2/c1-10(2)19-7-3-4-11(9-18)15(19)13-6-5-12(16)8-14(13)17/h5-6,8,10-11,15H,3-4,7,9,18H2,1-2H3. The third kappa shape index (κ3) is 3.10. The van der Waals surface area contributed by atoms with Gasteiger partial charge < -0.3 is 5.73 Å². The van der Waals surface area contributed by atoms with Gasteiger partial charge in [0.25, 0.3) is 0 Å². The van der Waals surface area contributed by atoms with Crippen molar-refractivity contribution in [3.05, 3.63) is 34.6 Å². The Labute approximate surface area is 119 Å². The van der Waals surface area contributed by atoms with Crippen molar-refractivity contribution in [2.75, 3.05) is 13.1 Å². The number of hydrogen-bond acceptors (Lipinski definition) is 2. The van der Waals surface area contributed by atoms with Crippen molar-refractivity contribution in [3.63, 3.8) is 0 Å². The zero-order valence-corrected chi connectivity index (χ0v) is 12.3. The minimum atomic E-state index is -0.219. The smallest absolute Gasteiger partial charge is 0.129 e. The van der Waals surface area contributed by atoms with Gasteiger partial charge in [0.2, 0.25) is 0 Å². The first-order valence-corrected chi connectivity index (χ1v) is 7.33. The SMILES string of the molecule is CC(C)N1CCCC(CN)C1c1ccc(Cl)cc1F. The van der Waals surface area contributed by atoms with Crippen molar-refractivity contribution in [3.8, 4) is 0 Å². The number of likely N-dealkylation sites (tertiary alicyclic amines) is 1. The lowest BCUT2D eigenvalue weighted by molar-refractivity contribution is 0.0642. The molecule has 1 saturated heterocycles. The number of benzene rings is 1. The van der Waals surface area contributed by atoms with Gasteiger partial charge in [0.1, 0.15) is 5.82 Å². The molecular formula is C15H22ClFN2. The molecule has 2 N–H and O–H groups in total. The molecule has 0 radical (unpaired) electrons. The Bertz CT molecular complexity index is 436. The second-order valence-corrected chi connectivity index (χ2v) is 6.02. The summed E-state index contributed by atoms with van der Waals surface area (Å²) in [6.07, 6.45) is 2.19. The van der Waals surface area contributed by atoms with Gasteiger partial charge in [-0.25, -0.2) is 4.39 Å². The Morgan fingerprint density at radius 3 is 2.79 bits per heavy atom. The highest BCUT2D eigenvalue weighted by molar-refractivity contribution is 6.30. The summed E-state index contributed by atoms with van der Waals surface area (Å²) in [5.74, 6) is 0.0929. The third-order valence-corrected chi connectivity index (χ3v) is 4.28. The summed E-state index contributed by atoms with van der Waals surface area (Å²) in [5, 5.41) is 0.442. The molecule has 19 heavy (non-hydrogen) atoms. The van der Waals surface area contributed by atoms with Gasteiger partial charge >= 0.3 is 0 Å². The van der Waals surface area contributed by atoms with Crippen LogP contribution in [0.25, 0.3) is 0 Å². The molecule has 1 fully saturated rings. The Hall–Kier alpha value is -0.640. The summed E-state index contributed by atoms with van der Waals surface area (Å²) < 4.78 is 14.2. The van der Waals surface area contributed by atoms with Crippen LogP contribution in [0, 0.1) is 11.7 Å². The van der Waals surface area contributed by atoms with Crippen LogP contribution in [-0.2, 0) is 0 Å². The summed E-state index contributed by atoms with van der Waals surface area (Å²) in [7, 11) is 0. The molecule has 2 rings (SSSR count). The molecule has 0 bridgehead atoms. The van der Waals surface area contributed by atoms with Gasteiger partial charge in [-0.1, -0.05) is 17.7 Å². The lowest BCUT2D eigenvalue weighted by Gasteiger charge is -2.43. The van der Waals surface area contributed by atoms with E-state index in [9.17, 15) is 4.39 Å². The van der Waals surface area contributed by atoms with Crippen molar-refractivity contribution in [2.45, 2.75) is 38.8 Å². The molecular weight excluding hydrogens is 263 g/mol. The van der Waals surface area contributed by atoms with E-state index in [2.05, 4.69) is 18.7 Å².